The fourth-order valence-corrected chi connectivity index (χ4v) is 4.09. The highest BCUT2D eigenvalue weighted by Gasteiger charge is 2.29. The Balaban J connectivity index is 1.73. The van der Waals surface area contributed by atoms with Crippen molar-refractivity contribution >= 4 is 9.28 Å². The zero-order valence-corrected chi connectivity index (χ0v) is 10.1. The van der Waals surface area contributed by atoms with Gasteiger partial charge in [0.05, 0.1) is 6.26 Å². The molecule has 2 rings (SSSR count). The van der Waals surface area contributed by atoms with Crippen LogP contribution in [0.4, 0.5) is 0 Å². The van der Waals surface area contributed by atoms with Crippen LogP contribution in [0.15, 0.2) is 12.3 Å². The van der Waals surface area contributed by atoms with Crippen LogP contribution >= 0.6 is 0 Å². The molecular weight excluding hydrogens is 192 g/mol. The summed E-state index contributed by atoms with van der Waals surface area (Å²) >= 11 is 0. The van der Waals surface area contributed by atoms with Crippen molar-refractivity contribution in [2.24, 2.45) is 5.92 Å². The Kier molecular flexibility index (Phi) is 3.65. The molecule has 80 valence electrons. The first-order chi connectivity index (χ1) is 6.90. The van der Waals surface area contributed by atoms with Gasteiger partial charge in [-0.2, -0.15) is 0 Å². The molecule has 14 heavy (non-hydrogen) atoms. The number of hydrogen-bond donors (Lipinski definition) is 0. The van der Waals surface area contributed by atoms with Gasteiger partial charge >= 0.3 is 9.28 Å². The quantitative estimate of drug-likeness (QED) is 0.515. The zero-order valence-electron chi connectivity index (χ0n) is 8.95. The molecule has 0 N–H and O–H groups in total. The van der Waals surface area contributed by atoms with Crippen LogP contribution in [0.25, 0.3) is 0 Å². The molecule has 0 aromatic rings. The fourth-order valence-electron chi connectivity index (χ4n) is 2.11. The minimum absolute atomic E-state index is 0.754. The standard InChI is InChI=1S/C11H20O2Si/c1-12-14(11-4-2-3-5-11)13-9-8-10-6-7-10/h8-11,14H,2-7H2,1H3. The predicted octanol–water partition coefficient (Wildman–Crippen LogP) is 2.74. The average molecular weight is 212 g/mol. The number of rotatable bonds is 5. The van der Waals surface area contributed by atoms with Gasteiger partial charge in [-0.15, -0.1) is 0 Å². The van der Waals surface area contributed by atoms with Crippen LogP contribution in [0.1, 0.15) is 38.5 Å². The Morgan fingerprint density at radius 2 is 1.86 bits per heavy atom. The Morgan fingerprint density at radius 3 is 2.43 bits per heavy atom. The van der Waals surface area contributed by atoms with E-state index in [1.54, 1.807) is 7.11 Å². The molecule has 0 radical (unpaired) electrons. The Hall–Kier alpha value is -0.283. The van der Waals surface area contributed by atoms with Crippen molar-refractivity contribution in [2.75, 3.05) is 7.11 Å². The summed E-state index contributed by atoms with van der Waals surface area (Å²) < 4.78 is 11.3. The van der Waals surface area contributed by atoms with Gasteiger partial charge in [-0.1, -0.05) is 12.8 Å². The second-order valence-corrected chi connectivity index (χ2v) is 6.87. The highest BCUT2D eigenvalue weighted by atomic mass is 28.3. The molecule has 2 fully saturated rings. The summed E-state index contributed by atoms with van der Waals surface area (Å²) in [7, 11) is 0.422. The molecule has 1 unspecified atom stereocenters. The summed E-state index contributed by atoms with van der Waals surface area (Å²) in [6.45, 7) is 0. The normalized spacial score (nSPS) is 25.8. The third kappa shape index (κ3) is 2.85. The van der Waals surface area contributed by atoms with E-state index in [2.05, 4.69) is 6.08 Å². The van der Waals surface area contributed by atoms with E-state index < -0.39 is 9.28 Å². The molecule has 0 heterocycles. The summed E-state index contributed by atoms with van der Waals surface area (Å²) in [6, 6.07) is 0. The molecular formula is C11H20O2Si. The van der Waals surface area contributed by atoms with Gasteiger partial charge in [-0.25, -0.2) is 0 Å². The highest BCUT2D eigenvalue weighted by Crippen LogP contribution is 2.34. The molecule has 0 aliphatic heterocycles. The van der Waals surface area contributed by atoms with E-state index in [-0.39, 0.29) is 0 Å². The van der Waals surface area contributed by atoms with E-state index in [1.807, 2.05) is 6.26 Å². The van der Waals surface area contributed by atoms with E-state index in [4.69, 9.17) is 8.85 Å². The van der Waals surface area contributed by atoms with Crippen LogP contribution in [-0.2, 0) is 8.85 Å². The van der Waals surface area contributed by atoms with Crippen LogP contribution in [0.2, 0.25) is 5.54 Å². The lowest BCUT2D eigenvalue weighted by Gasteiger charge is -2.18. The van der Waals surface area contributed by atoms with Crippen molar-refractivity contribution in [1.82, 2.24) is 0 Å². The Bertz CT molecular complexity index is 195. The van der Waals surface area contributed by atoms with Crippen LogP contribution in [-0.4, -0.2) is 16.4 Å². The first-order valence-electron chi connectivity index (χ1n) is 5.75. The summed E-state index contributed by atoms with van der Waals surface area (Å²) in [5.74, 6) is 0.810. The predicted molar refractivity (Wildman–Crippen MR) is 59.3 cm³/mol. The van der Waals surface area contributed by atoms with Crippen molar-refractivity contribution in [1.29, 1.82) is 0 Å². The van der Waals surface area contributed by atoms with Crippen LogP contribution in [0.5, 0.6) is 0 Å². The Labute approximate surface area is 88.1 Å². The molecule has 3 heteroatoms. The lowest BCUT2D eigenvalue weighted by Crippen LogP contribution is -2.24. The maximum atomic E-state index is 5.76. The Morgan fingerprint density at radius 1 is 1.14 bits per heavy atom. The summed E-state index contributed by atoms with van der Waals surface area (Å²) in [4.78, 5) is 0. The topological polar surface area (TPSA) is 18.5 Å². The third-order valence-corrected chi connectivity index (χ3v) is 5.53. The minimum atomic E-state index is -1.38. The molecule has 0 saturated heterocycles. The lowest BCUT2D eigenvalue weighted by atomic mass is 10.4. The van der Waals surface area contributed by atoms with Crippen molar-refractivity contribution in [3.05, 3.63) is 12.3 Å². The first kappa shape index (κ1) is 10.2. The maximum absolute atomic E-state index is 5.76. The molecule has 0 bridgehead atoms. The van der Waals surface area contributed by atoms with Crippen molar-refractivity contribution in [3.8, 4) is 0 Å². The van der Waals surface area contributed by atoms with Gasteiger partial charge in [-0.3, -0.25) is 0 Å². The zero-order chi connectivity index (χ0) is 9.80. The first-order valence-corrected chi connectivity index (χ1v) is 7.36. The van der Waals surface area contributed by atoms with Crippen molar-refractivity contribution in [3.63, 3.8) is 0 Å². The largest absolute Gasteiger partial charge is 0.529 e. The van der Waals surface area contributed by atoms with Gasteiger partial charge in [-0.05, 0) is 37.7 Å². The molecule has 0 spiro atoms. The summed E-state index contributed by atoms with van der Waals surface area (Å²) in [6.07, 6.45) is 12.2. The maximum Gasteiger partial charge on any atom is 0.384 e. The minimum Gasteiger partial charge on any atom is -0.529 e. The second kappa shape index (κ2) is 4.98. The summed E-state index contributed by atoms with van der Waals surface area (Å²) in [5, 5.41) is 0. The van der Waals surface area contributed by atoms with Gasteiger partial charge in [0.1, 0.15) is 0 Å². The van der Waals surface area contributed by atoms with Gasteiger partial charge in [0.15, 0.2) is 0 Å². The molecule has 2 aliphatic rings. The van der Waals surface area contributed by atoms with Gasteiger partial charge in [0, 0.05) is 12.7 Å². The molecule has 2 saturated carbocycles. The monoisotopic (exact) mass is 212 g/mol. The van der Waals surface area contributed by atoms with E-state index >= 15 is 0 Å². The SMILES string of the molecule is CO[SiH](OC=CC1CC1)C1CCCC1. The number of hydrogen-bond acceptors (Lipinski definition) is 2. The van der Waals surface area contributed by atoms with Crippen LogP contribution < -0.4 is 0 Å². The molecule has 0 amide bonds. The average Bonchev–Trinajstić information content (AvgIpc) is 2.86. The smallest absolute Gasteiger partial charge is 0.384 e. The fraction of sp³-hybridized carbons (Fsp3) is 0.818. The van der Waals surface area contributed by atoms with Crippen LogP contribution in [0, 0.1) is 5.92 Å². The van der Waals surface area contributed by atoms with Crippen molar-refractivity contribution < 1.29 is 8.85 Å². The van der Waals surface area contributed by atoms with Gasteiger partial charge in [0.2, 0.25) is 0 Å². The summed E-state index contributed by atoms with van der Waals surface area (Å²) in [5.41, 5.74) is 0.754. The highest BCUT2D eigenvalue weighted by molar-refractivity contribution is 6.46. The van der Waals surface area contributed by atoms with E-state index in [1.165, 1.54) is 38.5 Å². The number of allylic oxidation sites excluding steroid dienone is 1. The molecule has 2 nitrogen and oxygen atoms in total. The van der Waals surface area contributed by atoms with Gasteiger partial charge in [0.25, 0.3) is 0 Å². The van der Waals surface area contributed by atoms with E-state index in [9.17, 15) is 0 Å². The third-order valence-electron chi connectivity index (χ3n) is 3.20. The van der Waals surface area contributed by atoms with Gasteiger partial charge < -0.3 is 8.85 Å². The van der Waals surface area contributed by atoms with Crippen LogP contribution in [0.3, 0.4) is 0 Å². The van der Waals surface area contributed by atoms with Crippen molar-refractivity contribution in [2.45, 2.75) is 44.1 Å². The molecule has 1 atom stereocenters. The lowest BCUT2D eigenvalue weighted by molar-refractivity contribution is 0.291. The van der Waals surface area contributed by atoms with E-state index in [0.29, 0.717) is 0 Å². The molecule has 0 aromatic heterocycles. The second-order valence-electron chi connectivity index (χ2n) is 4.45. The van der Waals surface area contributed by atoms with E-state index in [0.717, 1.165) is 11.5 Å². The molecule has 0 aromatic carbocycles. The molecule has 2 aliphatic carbocycles.